The topological polar surface area (TPSA) is 12.0 Å². The Balaban J connectivity index is 1.62. The molecule has 0 spiro atoms. The van der Waals surface area contributed by atoms with Gasteiger partial charge in [0, 0.05) is 15.1 Å². The van der Waals surface area contributed by atoms with Gasteiger partial charge in [0.2, 0.25) is 0 Å². The number of fused-ring (bicyclic) bond motifs is 1. The van der Waals surface area contributed by atoms with Crippen molar-refractivity contribution in [2.75, 3.05) is 13.1 Å². The lowest BCUT2D eigenvalue weighted by atomic mass is 9.93. The van der Waals surface area contributed by atoms with Crippen LogP contribution in [-0.2, 0) is 6.42 Å². The second kappa shape index (κ2) is 5.09. The molecule has 2 aromatic rings. The van der Waals surface area contributed by atoms with Crippen LogP contribution in [0.3, 0.4) is 0 Å². The number of aryl methyl sites for hydroxylation is 2. The molecule has 0 bridgehead atoms. The molecule has 0 amide bonds. The summed E-state index contributed by atoms with van der Waals surface area (Å²) < 4.78 is 1.52. The van der Waals surface area contributed by atoms with Crippen molar-refractivity contribution >= 4 is 32.1 Å². The first kappa shape index (κ1) is 11.7. The number of hydrogen-bond donors (Lipinski definition) is 1. The first-order valence-electron chi connectivity index (χ1n) is 6.51. The summed E-state index contributed by atoms with van der Waals surface area (Å²) in [6, 6.07) is 4.73. The highest BCUT2D eigenvalue weighted by Crippen LogP contribution is 2.34. The summed E-state index contributed by atoms with van der Waals surface area (Å²) in [5, 5.41) is 4.91. The van der Waals surface area contributed by atoms with Crippen LogP contribution >= 0.6 is 22.7 Å². The minimum Gasteiger partial charge on any atom is -0.317 e. The first-order chi connectivity index (χ1) is 8.31. The molecule has 0 aromatic carbocycles. The molecule has 92 valence electrons. The molecule has 3 heteroatoms. The zero-order valence-electron chi connectivity index (χ0n) is 10.3. The quantitative estimate of drug-likeness (QED) is 0.877. The van der Waals surface area contributed by atoms with E-state index in [9.17, 15) is 0 Å². The third kappa shape index (κ3) is 2.72. The molecular formula is C14H19NS2. The molecule has 0 radical (unpaired) electrons. The molecular weight excluding hydrogens is 246 g/mol. The van der Waals surface area contributed by atoms with E-state index in [1.807, 2.05) is 22.7 Å². The van der Waals surface area contributed by atoms with Crippen molar-refractivity contribution in [1.29, 1.82) is 0 Å². The van der Waals surface area contributed by atoms with E-state index in [2.05, 4.69) is 24.4 Å². The van der Waals surface area contributed by atoms with E-state index in [1.54, 1.807) is 4.88 Å². The van der Waals surface area contributed by atoms with Gasteiger partial charge in [-0.25, -0.2) is 0 Å². The van der Waals surface area contributed by atoms with Crippen molar-refractivity contribution in [2.24, 2.45) is 5.92 Å². The van der Waals surface area contributed by atoms with Crippen LogP contribution in [0, 0.1) is 12.8 Å². The Kier molecular flexibility index (Phi) is 3.50. The van der Waals surface area contributed by atoms with Gasteiger partial charge in [-0.2, -0.15) is 0 Å². The predicted molar refractivity (Wildman–Crippen MR) is 78.4 cm³/mol. The van der Waals surface area contributed by atoms with Gasteiger partial charge in [0.15, 0.2) is 0 Å². The van der Waals surface area contributed by atoms with E-state index in [1.165, 1.54) is 53.0 Å². The average molecular weight is 265 g/mol. The van der Waals surface area contributed by atoms with Crippen molar-refractivity contribution in [2.45, 2.75) is 32.6 Å². The van der Waals surface area contributed by atoms with Crippen molar-refractivity contribution in [3.63, 3.8) is 0 Å². The lowest BCUT2D eigenvalue weighted by Crippen LogP contribution is -2.27. The van der Waals surface area contributed by atoms with Gasteiger partial charge in [-0.15, -0.1) is 22.7 Å². The molecule has 17 heavy (non-hydrogen) atoms. The van der Waals surface area contributed by atoms with E-state index in [-0.39, 0.29) is 0 Å². The van der Waals surface area contributed by atoms with E-state index < -0.39 is 0 Å². The van der Waals surface area contributed by atoms with Crippen LogP contribution in [0.2, 0.25) is 0 Å². The normalized spacial score (nSPS) is 17.9. The zero-order valence-corrected chi connectivity index (χ0v) is 11.9. The third-order valence-electron chi connectivity index (χ3n) is 3.65. The minimum absolute atomic E-state index is 0.957. The Bertz CT molecular complexity index is 460. The number of hydrogen-bond acceptors (Lipinski definition) is 3. The largest absolute Gasteiger partial charge is 0.317 e. The van der Waals surface area contributed by atoms with Gasteiger partial charge in [-0.1, -0.05) is 0 Å². The summed E-state index contributed by atoms with van der Waals surface area (Å²) in [6.07, 6.45) is 5.42. The van der Waals surface area contributed by atoms with Crippen LogP contribution in [0.15, 0.2) is 12.1 Å². The van der Waals surface area contributed by atoms with Crippen LogP contribution in [0.5, 0.6) is 0 Å². The van der Waals surface area contributed by atoms with Crippen molar-refractivity contribution < 1.29 is 0 Å². The fraction of sp³-hybridized carbons (Fsp3) is 0.571. The maximum Gasteiger partial charge on any atom is 0.0870 e. The van der Waals surface area contributed by atoms with Gasteiger partial charge < -0.3 is 5.32 Å². The highest BCUT2D eigenvalue weighted by Gasteiger charge is 2.13. The Hall–Kier alpha value is -0.380. The molecule has 1 nitrogen and oxygen atoms in total. The second-order valence-electron chi connectivity index (χ2n) is 5.04. The molecule has 1 saturated heterocycles. The van der Waals surface area contributed by atoms with Crippen LogP contribution < -0.4 is 5.32 Å². The maximum atomic E-state index is 3.44. The van der Waals surface area contributed by atoms with Gasteiger partial charge in [-0.3, -0.25) is 0 Å². The monoisotopic (exact) mass is 265 g/mol. The number of piperidine rings is 1. The molecule has 1 aliphatic rings. The number of thiophene rings is 2. The molecule has 3 heterocycles. The smallest absolute Gasteiger partial charge is 0.0870 e. The zero-order chi connectivity index (χ0) is 11.7. The summed E-state index contributed by atoms with van der Waals surface area (Å²) in [6.45, 7) is 4.65. The minimum atomic E-state index is 0.957. The standard InChI is InChI=1S/C14H19NS2/c1-10-8-12-9-13(17-14(12)16-10)3-2-11-4-6-15-7-5-11/h8-9,11,15H,2-7H2,1H3. The van der Waals surface area contributed by atoms with Crippen LogP contribution in [0.4, 0.5) is 0 Å². The maximum absolute atomic E-state index is 3.44. The molecule has 0 aliphatic carbocycles. The van der Waals surface area contributed by atoms with E-state index >= 15 is 0 Å². The molecule has 2 aromatic heterocycles. The SMILES string of the molecule is Cc1cc2cc(CCC3CCNCC3)sc2s1. The predicted octanol–water partition coefficient (Wildman–Crippen LogP) is 4.20. The van der Waals surface area contributed by atoms with Crippen molar-refractivity contribution in [1.82, 2.24) is 5.32 Å². The van der Waals surface area contributed by atoms with Crippen LogP contribution in [0.25, 0.3) is 9.40 Å². The van der Waals surface area contributed by atoms with Crippen LogP contribution in [-0.4, -0.2) is 13.1 Å². The highest BCUT2D eigenvalue weighted by molar-refractivity contribution is 7.38. The number of nitrogens with one attached hydrogen (secondary N) is 1. The average Bonchev–Trinajstić information content (AvgIpc) is 2.84. The lowest BCUT2D eigenvalue weighted by Gasteiger charge is -2.22. The molecule has 3 rings (SSSR count). The Morgan fingerprint density at radius 3 is 2.82 bits per heavy atom. The Labute approximate surface area is 111 Å². The van der Waals surface area contributed by atoms with E-state index in [0.717, 1.165) is 5.92 Å². The van der Waals surface area contributed by atoms with Gasteiger partial charge in [0.05, 0.1) is 4.01 Å². The summed E-state index contributed by atoms with van der Waals surface area (Å²) in [7, 11) is 0. The van der Waals surface area contributed by atoms with Gasteiger partial charge in [-0.05, 0) is 63.7 Å². The van der Waals surface area contributed by atoms with Crippen molar-refractivity contribution in [3.05, 3.63) is 21.9 Å². The summed E-state index contributed by atoms with van der Waals surface area (Å²) in [5.74, 6) is 0.957. The summed E-state index contributed by atoms with van der Waals surface area (Å²) in [4.78, 5) is 3.03. The summed E-state index contributed by atoms with van der Waals surface area (Å²) in [5.41, 5.74) is 0. The molecule has 1 N–H and O–H groups in total. The Morgan fingerprint density at radius 1 is 1.24 bits per heavy atom. The van der Waals surface area contributed by atoms with Crippen molar-refractivity contribution in [3.8, 4) is 0 Å². The molecule has 1 aliphatic heterocycles. The van der Waals surface area contributed by atoms with Gasteiger partial charge >= 0.3 is 0 Å². The van der Waals surface area contributed by atoms with E-state index in [4.69, 9.17) is 0 Å². The molecule has 0 unspecified atom stereocenters. The second-order valence-corrected chi connectivity index (χ2v) is 7.70. The lowest BCUT2D eigenvalue weighted by molar-refractivity contribution is 0.355. The van der Waals surface area contributed by atoms with Gasteiger partial charge in [0.1, 0.15) is 0 Å². The van der Waals surface area contributed by atoms with Gasteiger partial charge in [0.25, 0.3) is 0 Å². The fourth-order valence-electron chi connectivity index (χ4n) is 2.65. The molecule has 0 atom stereocenters. The van der Waals surface area contributed by atoms with E-state index in [0.29, 0.717) is 0 Å². The molecule has 1 fully saturated rings. The third-order valence-corrected chi connectivity index (χ3v) is 6.01. The molecule has 0 saturated carbocycles. The first-order valence-corrected chi connectivity index (χ1v) is 8.14. The number of rotatable bonds is 3. The Morgan fingerprint density at radius 2 is 2.06 bits per heavy atom. The van der Waals surface area contributed by atoms with Crippen LogP contribution in [0.1, 0.15) is 29.0 Å². The fourth-order valence-corrected chi connectivity index (χ4v) is 5.13. The summed E-state index contributed by atoms with van der Waals surface area (Å²) >= 11 is 3.95. The highest BCUT2D eigenvalue weighted by atomic mass is 32.2.